The van der Waals surface area contributed by atoms with E-state index in [1.165, 1.54) is 0 Å². The normalized spacial score (nSPS) is 14.0. The van der Waals surface area contributed by atoms with Crippen molar-refractivity contribution >= 4 is 22.5 Å². The lowest BCUT2D eigenvalue weighted by Crippen LogP contribution is -2.39. The van der Waals surface area contributed by atoms with Gasteiger partial charge in [0.1, 0.15) is 5.75 Å². The van der Waals surface area contributed by atoms with E-state index >= 15 is 0 Å². The van der Waals surface area contributed by atoms with Gasteiger partial charge in [0.15, 0.2) is 5.43 Å². The molecule has 1 aliphatic rings. The van der Waals surface area contributed by atoms with Crippen LogP contribution in [-0.2, 0) is 17.8 Å². The molecule has 27 heavy (non-hydrogen) atoms. The van der Waals surface area contributed by atoms with Gasteiger partial charge in [-0.3, -0.25) is 14.5 Å². The zero-order valence-electron chi connectivity index (χ0n) is 15.1. The number of para-hydroxylation sites is 3. The molecule has 4 rings (SSSR count). The van der Waals surface area contributed by atoms with Crippen LogP contribution in [0.5, 0.6) is 5.75 Å². The number of nitrogens with zero attached hydrogens (tertiary/aromatic N) is 1. The van der Waals surface area contributed by atoms with Crippen LogP contribution in [0.25, 0.3) is 10.9 Å². The summed E-state index contributed by atoms with van der Waals surface area (Å²) < 4.78 is 5.27. The molecular formula is C21H21N3O3. The van der Waals surface area contributed by atoms with Gasteiger partial charge < -0.3 is 15.0 Å². The fourth-order valence-electron chi connectivity index (χ4n) is 3.56. The molecule has 2 N–H and O–H groups in total. The first-order chi connectivity index (χ1) is 13.2. The highest BCUT2D eigenvalue weighted by atomic mass is 16.5. The Labute approximate surface area is 156 Å². The minimum Gasteiger partial charge on any atom is -0.495 e. The van der Waals surface area contributed by atoms with Gasteiger partial charge in [0.25, 0.3) is 0 Å². The maximum atomic E-state index is 12.8. The summed E-state index contributed by atoms with van der Waals surface area (Å²) in [5.74, 6) is 0.498. The van der Waals surface area contributed by atoms with Crippen molar-refractivity contribution in [2.45, 2.75) is 13.0 Å². The highest BCUT2D eigenvalue weighted by Gasteiger charge is 2.22. The average molecular weight is 363 g/mol. The van der Waals surface area contributed by atoms with Crippen molar-refractivity contribution in [3.05, 3.63) is 70.0 Å². The van der Waals surface area contributed by atoms with Crippen LogP contribution in [0.3, 0.4) is 0 Å². The number of hydrogen-bond donors (Lipinski definition) is 2. The monoisotopic (exact) mass is 363 g/mol. The molecule has 2 heterocycles. The Kier molecular flexibility index (Phi) is 4.64. The highest BCUT2D eigenvalue weighted by Crippen LogP contribution is 2.23. The molecule has 0 atom stereocenters. The number of hydrogen-bond acceptors (Lipinski definition) is 4. The quantitative estimate of drug-likeness (QED) is 0.747. The number of H-pyrrole nitrogens is 1. The van der Waals surface area contributed by atoms with Crippen LogP contribution >= 0.6 is 0 Å². The van der Waals surface area contributed by atoms with Crippen LogP contribution in [0.1, 0.15) is 11.3 Å². The zero-order chi connectivity index (χ0) is 18.8. The van der Waals surface area contributed by atoms with Gasteiger partial charge >= 0.3 is 0 Å². The van der Waals surface area contributed by atoms with Gasteiger partial charge in [-0.2, -0.15) is 0 Å². The number of ether oxygens (including phenoxy) is 1. The molecular weight excluding hydrogens is 342 g/mol. The fourth-order valence-corrected chi connectivity index (χ4v) is 3.56. The second kappa shape index (κ2) is 7.25. The van der Waals surface area contributed by atoms with Crippen LogP contribution in [-0.4, -0.2) is 36.0 Å². The average Bonchev–Trinajstić information content (AvgIpc) is 2.69. The lowest BCUT2D eigenvalue weighted by molar-refractivity contribution is -0.117. The summed E-state index contributed by atoms with van der Waals surface area (Å²) in [6.45, 7) is 1.42. The summed E-state index contributed by atoms with van der Waals surface area (Å²) in [6, 6.07) is 14.8. The number of anilines is 1. The van der Waals surface area contributed by atoms with E-state index in [1.807, 2.05) is 41.3 Å². The Morgan fingerprint density at radius 1 is 1.19 bits per heavy atom. The largest absolute Gasteiger partial charge is 0.495 e. The molecule has 0 radical (unpaired) electrons. The van der Waals surface area contributed by atoms with E-state index in [-0.39, 0.29) is 17.9 Å². The van der Waals surface area contributed by atoms with Crippen molar-refractivity contribution in [2.24, 2.45) is 0 Å². The predicted molar refractivity (Wildman–Crippen MR) is 105 cm³/mol. The van der Waals surface area contributed by atoms with Crippen LogP contribution in [0.15, 0.2) is 53.3 Å². The van der Waals surface area contributed by atoms with Gasteiger partial charge in [0.2, 0.25) is 5.91 Å². The second-order valence-corrected chi connectivity index (χ2v) is 6.67. The molecule has 0 unspecified atom stereocenters. The van der Waals surface area contributed by atoms with E-state index in [4.69, 9.17) is 4.74 Å². The van der Waals surface area contributed by atoms with Gasteiger partial charge in [-0.25, -0.2) is 0 Å². The van der Waals surface area contributed by atoms with Crippen molar-refractivity contribution in [2.75, 3.05) is 25.5 Å². The predicted octanol–water partition coefficient (Wildman–Crippen LogP) is 2.53. The van der Waals surface area contributed by atoms with Crippen molar-refractivity contribution in [3.8, 4) is 5.75 Å². The van der Waals surface area contributed by atoms with E-state index in [0.29, 0.717) is 23.4 Å². The molecule has 0 saturated heterocycles. The molecule has 0 fully saturated rings. The van der Waals surface area contributed by atoms with E-state index < -0.39 is 0 Å². The third-order valence-corrected chi connectivity index (χ3v) is 4.90. The van der Waals surface area contributed by atoms with E-state index in [2.05, 4.69) is 10.3 Å². The number of carbonyl (C=O) groups excluding carboxylic acids is 1. The first kappa shape index (κ1) is 17.3. The highest BCUT2D eigenvalue weighted by molar-refractivity contribution is 5.93. The lowest BCUT2D eigenvalue weighted by atomic mass is 10.0. The van der Waals surface area contributed by atoms with Gasteiger partial charge in [-0.1, -0.05) is 24.3 Å². The third kappa shape index (κ3) is 3.44. The second-order valence-electron chi connectivity index (χ2n) is 6.67. The van der Waals surface area contributed by atoms with Crippen LogP contribution in [0.4, 0.5) is 5.69 Å². The van der Waals surface area contributed by atoms with Crippen molar-refractivity contribution in [1.82, 2.24) is 9.88 Å². The van der Waals surface area contributed by atoms with E-state index in [0.717, 1.165) is 29.7 Å². The molecule has 1 amide bonds. The number of fused-ring (bicyclic) bond motifs is 2. The van der Waals surface area contributed by atoms with Crippen LogP contribution in [0, 0.1) is 0 Å². The maximum absolute atomic E-state index is 12.8. The lowest BCUT2D eigenvalue weighted by Gasteiger charge is -2.28. The number of carbonyl (C=O) groups is 1. The SMILES string of the molecule is COc1ccccc1NC(=O)CN1CCc2[nH]c3ccccc3c(=O)c2C1. The molecule has 6 nitrogen and oxygen atoms in total. The van der Waals surface area contributed by atoms with Gasteiger partial charge in [0, 0.05) is 41.7 Å². The van der Waals surface area contributed by atoms with Crippen molar-refractivity contribution in [3.63, 3.8) is 0 Å². The summed E-state index contributed by atoms with van der Waals surface area (Å²) in [5, 5.41) is 3.58. The van der Waals surface area contributed by atoms with Crippen molar-refractivity contribution in [1.29, 1.82) is 0 Å². The molecule has 6 heteroatoms. The number of rotatable bonds is 4. The summed E-state index contributed by atoms with van der Waals surface area (Å²) >= 11 is 0. The number of benzene rings is 2. The zero-order valence-corrected chi connectivity index (χ0v) is 15.1. The van der Waals surface area contributed by atoms with Crippen molar-refractivity contribution < 1.29 is 9.53 Å². The number of aromatic nitrogens is 1. The summed E-state index contributed by atoms with van der Waals surface area (Å²) in [4.78, 5) is 30.6. The molecule has 1 aliphatic heterocycles. The van der Waals surface area contributed by atoms with Gasteiger partial charge in [-0.15, -0.1) is 0 Å². The molecule has 0 spiro atoms. The van der Waals surface area contributed by atoms with Crippen LogP contribution < -0.4 is 15.5 Å². The summed E-state index contributed by atoms with van der Waals surface area (Å²) in [5.41, 5.74) is 3.29. The van der Waals surface area contributed by atoms with Gasteiger partial charge in [-0.05, 0) is 24.3 Å². The number of aromatic amines is 1. The summed E-state index contributed by atoms with van der Waals surface area (Å²) in [6.07, 6.45) is 0.720. The molecule has 1 aromatic heterocycles. The number of methoxy groups -OCH3 is 1. The summed E-state index contributed by atoms with van der Waals surface area (Å²) in [7, 11) is 1.57. The minimum absolute atomic E-state index is 0.0502. The van der Waals surface area contributed by atoms with E-state index in [1.54, 1.807) is 19.2 Å². The first-order valence-electron chi connectivity index (χ1n) is 8.93. The Morgan fingerprint density at radius 2 is 1.96 bits per heavy atom. The maximum Gasteiger partial charge on any atom is 0.238 e. The number of amides is 1. The fraction of sp³-hybridized carbons (Fsp3) is 0.238. The molecule has 138 valence electrons. The van der Waals surface area contributed by atoms with Crippen LogP contribution in [0.2, 0.25) is 0 Å². The Morgan fingerprint density at radius 3 is 2.81 bits per heavy atom. The molecule has 0 aliphatic carbocycles. The Hall–Kier alpha value is -3.12. The topological polar surface area (TPSA) is 74.4 Å². The number of pyridine rings is 1. The molecule has 3 aromatic rings. The van der Waals surface area contributed by atoms with Gasteiger partial charge in [0.05, 0.1) is 19.3 Å². The minimum atomic E-state index is -0.125. The first-order valence-corrected chi connectivity index (χ1v) is 8.93. The standard InChI is InChI=1S/C21H21N3O3/c1-27-19-9-5-4-8-18(19)23-20(25)13-24-11-10-17-15(12-24)21(26)14-6-2-3-7-16(14)22-17/h2-9H,10-13H2,1H3,(H,22,26)(H,23,25). The Bertz CT molecular complexity index is 1060. The Balaban J connectivity index is 1.50. The molecule has 2 aromatic carbocycles. The molecule has 0 saturated carbocycles. The molecule has 0 bridgehead atoms. The third-order valence-electron chi connectivity index (χ3n) is 4.90. The smallest absolute Gasteiger partial charge is 0.238 e. The number of nitrogens with one attached hydrogen (secondary N) is 2. The van der Waals surface area contributed by atoms with E-state index in [9.17, 15) is 9.59 Å².